The Morgan fingerprint density at radius 3 is 2.68 bits per heavy atom. The molecule has 1 heterocycles. The minimum absolute atomic E-state index is 0.127. The summed E-state index contributed by atoms with van der Waals surface area (Å²) < 4.78 is 10.5. The van der Waals surface area contributed by atoms with Crippen LogP contribution < -0.4 is 15.0 Å². The molecule has 0 fully saturated rings. The topological polar surface area (TPSA) is 68.8 Å². The maximum atomic E-state index is 12.2. The number of ether oxygens (including phenoxy) is 1. The van der Waals surface area contributed by atoms with Crippen LogP contribution in [-0.2, 0) is 16.8 Å². The molecular formula is C18H25ClN3O3+. The Morgan fingerprint density at radius 2 is 2.08 bits per heavy atom. The van der Waals surface area contributed by atoms with Crippen LogP contribution in [0.4, 0.5) is 5.88 Å². The Hall–Kier alpha value is -2.05. The lowest BCUT2D eigenvalue weighted by atomic mass is 9.92. The SMILES string of the molecule is COc1ccc(Cl)cc1C[NH+](C)CC(=O)Nc1cc(C(C)(C)C)no1. The lowest BCUT2D eigenvalue weighted by Crippen LogP contribution is -3.08. The van der Waals surface area contributed by atoms with E-state index < -0.39 is 0 Å². The molecule has 136 valence electrons. The van der Waals surface area contributed by atoms with E-state index in [2.05, 4.69) is 10.5 Å². The Balaban J connectivity index is 1.94. The van der Waals surface area contributed by atoms with Crippen molar-refractivity contribution in [1.82, 2.24) is 5.16 Å². The fourth-order valence-electron chi connectivity index (χ4n) is 2.42. The number of nitrogens with zero attached hydrogens (tertiary/aromatic N) is 1. The molecule has 0 aliphatic heterocycles. The average molecular weight is 367 g/mol. The van der Waals surface area contributed by atoms with E-state index in [4.69, 9.17) is 20.9 Å². The molecule has 0 saturated carbocycles. The highest BCUT2D eigenvalue weighted by atomic mass is 35.5. The van der Waals surface area contributed by atoms with E-state index in [0.717, 1.165) is 21.9 Å². The van der Waals surface area contributed by atoms with E-state index in [0.29, 0.717) is 17.5 Å². The summed E-state index contributed by atoms with van der Waals surface area (Å²) in [6, 6.07) is 7.22. The molecule has 1 aromatic carbocycles. The number of carbonyl (C=O) groups is 1. The number of anilines is 1. The monoisotopic (exact) mass is 366 g/mol. The van der Waals surface area contributed by atoms with Gasteiger partial charge in [0.25, 0.3) is 5.91 Å². The van der Waals surface area contributed by atoms with Crippen molar-refractivity contribution in [2.24, 2.45) is 0 Å². The quantitative estimate of drug-likeness (QED) is 0.823. The van der Waals surface area contributed by atoms with Gasteiger partial charge in [-0.1, -0.05) is 37.5 Å². The number of quaternary nitrogens is 1. The van der Waals surface area contributed by atoms with Crippen LogP contribution in [0.3, 0.4) is 0 Å². The minimum Gasteiger partial charge on any atom is -0.496 e. The van der Waals surface area contributed by atoms with E-state index in [1.54, 1.807) is 19.2 Å². The number of rotatable bonds is 6. The van der Waals surface area contributed by atoms with E-state index in [1.807, 2.05) is 40.0 Å². The number of methoxy groups -OCH3 is 1. The molecule has 1 amide bonds. The zero-order valence-electron chi connectivity index (χ0n) is 15.3. The summed E-state index contributed by atoms with van der Waals surface area (Å²) in [6.07, 6.45) is 0. The number of halogens is 1. The first-order valence-corrected chi connectivity index (χ1v) is 8.47. The predicted octanol–water partition coefficient (Wildman–Crippen LogP) is 2.29. The lowest BCUT2D eigenvalue weighted by molar-refractivity contribution is -0.885. The second-order valence-electron chi connectivity index (χ2n) is 7.14. The number of benzene rings is 1. The van der Waals surface area contributed by atoms with Gasteiger partial charge in [0.2, 0.25) is 5.88 Å². The Bertz CT molecular complexity index is 737. The molecule has 2 N–H and O–H groups in total. The van der Waals surface area contributed by atoms with Crippen LogP contribution >= 0.6 is 11.6 Å². The molecule has 25 heavy (non-hydrogen) atoms. The van der Waals surface area contributed by atoms with Gasteiger partial charge in [-0.25, -0.2) is 0 Å². The van der Waals surface area contributed by atoms with Crippen LogP contribution in [0.5, 0.6) is 5.75 Å². The van der Waals surface area contributed by atoms with Crippen molar-refractivity contribution in [1.29, 1.82) is 0 Å². The third-order valence-corrected chi connectivity index (χ3v) is 3.97. The fourth-order valence-corrected chi connectivity index (χ4v) is 2.61. The first kappa shape index (κ1) is 19.3. The maximum absolute atomic E-state index is 12.2. The molecule has 1 unspecified atom stereocenters. The number of carbonyl (C=O) groups excluding carboxylic acids is 1. The van der Waals surface area contributed by atoms with Gasteiger partial charge in [0.15, 0.2) is 6.54 Å². The summed E-state index contributed by atoms with van der Waals surface area (Å²) >= 11 is 6.05. The molecule has 1 aromatic heterocycles. The third kappa shape index (κ3) is 5.47. The summed E-state index contributed by atoms with van der Waals surface area (Å²) in [6.45, 7) is 6.99. The van der Waals surface area contributed by atoms with Crippen molar-refractivity contribution in [3.05, 3.63) is 40.5 Å². The number of hydrogen-bond acceptors (Lipinski definition) is 4. The summed E-state index contributed by atoms with van der Waals surface area (Å²) in [5, 5.41) is 7.38. The Kier molecular flexibility index (Phi) is 6.08. The van der Waals surface area contributed by atoms with Gasteiger partial charge < -0.3 is 14.2 Å². The van der Waals surface area contributed by atoms with Gasteiger partial charge in [-0.05, 0) is 18.2 Å². The van der Waals surface area contributed by atoms with Crippen molar-refractivity contribution < 1.29 is 19.0 Å². The number of hydrogen-bond donors (Lipinski definition) is 2. The van der Waals surface area contributed by atoms with E-state index in [1.165, 1.54) is 0 Å². The molecule has 0 aliphatic carbocycles. The second kappa shape index (κ2) is 7.89. The molecule has 1 atom stereocenters. The van der Waals surface area contributed by atoms with E-state index in [9.17, 15) is 4.79 Å². The zero-order valence-corrected chi connectivity index (χ0v) is 16.0. The molecule has 6 nitrogen and oxygen atoms in total. The number of aromatic nitrogens is 1. The third-order valence-electron chi connectivity index (χ3n) is 3.74. The smallest absolute Gasteiger partial charge is 0.281 e. The zero-order chi connectivity index (χ0) is 18.6. The molecule has 2 rings (SSSR count). The summed E-state index contributed by atoms with van der Waals surface area (Å²) in [7, 11) is 3.55. The summed E-state index contributed by atoms with van der Waals surface area (Å²) in [5.41, 5.74) is 1.62. The van der Waals surface area contributed by atoms with Gasteiger partial charge >= 0.3 is 0 Å². The molecular weight excluding hydrogens is 342 g/mol. The fraction of sp³-hybridized carbons (Fsp3) is 0.444. The first-order chi connectivity index (χ1) is 11.7. The van der Waals surface area contributed by atoms with Crippen LogP contribution in [-0.4, -0.2) is 31.8 Å². The molecule has 0 bridgehead atoms. The average Bonchev–Trinajstić information content (AvgIpc) is 2.95. The largest absolute Gasteiger partial charge is 0.496 e. The molecule has 2 aromatic rings. The highest BCUT2D eigenvalue weighted by molar-refractivity contribution is 6.30. The van der Waals surface area contributed by atoms with E-state index >= 15 is 0 Å². The van der Waals surface area contributed by atoms with Crippen molar-refractivity contribution >= 4 is 23.4 Å². The number of nitrogens with one attached hydrogen (secondary N) is 2. The minimum atomic E-state index is -0.143. The predicted molar refractivity (Wildman–Crippen MR) is 97.3 cm³/mol. The van der Waals surface area contributed by atoms with Crippen LogP contribution in [0.25, 0.3) is 0 Å². The van der Waals surface area contributed by atoms with Crippen molar-refractivity contribution in [3.63, 3.8) is 0 Å². The van der Waals surface area contributed by atoms with E-state index in [-0.39, 0.29) is 17.9 Å². The Labute approximate surface area is 153 Å². The Morgan fingerprint density at radius 1 is 1.36 bits per heavy atom. The maximum Gasteiger partial charge on any atom is 0.281 e. The second-order valence-corrected chi connectivity index (χ2v) is 7.58. The molecule has 0 aliphatic rings. The van der Waals surface area contributed by atoms with Crippen molar-refractivity contribution in [2.45, 2.75) is 32.7 Å². The molecule has 7 heteroatoms. The van der Waals surface area contributed by atoms with Crippen molar-refractivity contribution in [3.8, 4) is 5.75 Å². The van der Waals surface area contributed by atoms with Crippen LogP contribution in [0.1, 0.15) is 32.0 Å². The van der Waals surface area contributed by atoms with Gasteiger partial charge in [-0.15, -0.1) is 0 Å². The standard InChI is InChI=1S/C18H24ClN3O3/c1-18(2,3)15-9-17(25-21-15)20-16(23)11-22(4)10-12-8-13(19)6-7-14(12)24-5/h6-9H,10-11H2,1-5H3,(H,20,23)/p+1. The van der Waals surface area contributed by atoms with Gasteiger partial charge in [-0.3, -0.25) is 10.1 Å². The van der Waals surface area contributed by atoms with Gasteiger partial charge in [0.05, 0.1) is 19.9 Å². The first-order valence-electron chi connectivity index (χ1n) is 8.10. The van der Waals surface area contributed by atoms with Gasteiger partial charge in [0, 0.05) is 22.1 Å². The molecule has 0 saturated heterocycles. The van der Waals surface area contributed by atoms with Gasteiger partial charge in [0.1, 0.15) is 12.3 Å². The normalized spacial score (nSPS) is 12.7. The van der Waals surface area contributed by atoms with Crippen molar-refractivity contribution in [2.75, 3.05) is 26.0 Å². The summed E-state index contributed by atoms with van der Waals surface area (Å²) in [4.78, 5) is 13.2. The number of likely N-dealkylation sites (N-methyl/N-ethyl adjacent to an activating group) is 1. The molecule has 0 spiro atoms. The highest BCUT2D eigenvalue weighted by Crippen LogP contribution is 2.23. The lowest BCUT2D eigenvalue weighted by Gasteiger charge is -2.15. The van der Waals surface area contributed by atoms with Crippen LogP contribution in [0, 0.1) is 0 Å². The molecule has 0 radical (unpaired) electrons. The summed E-state index contributed by atoms with van der Waals surface area (Å²) in [5.74, 6) is 0.979. The highest BCUT2D eigenvalue weighted by Gasteiger charge is 2.20. The number of amides is 1. The van der Waals surface area contributed by atoms with Gasteiger partial charge in [-0.2, -0.15) is 0 Å². The van der Waals surface area contributed by atoms with Crippen LogP contribution in [0.2, 0.25) is 5.02 Å². The van der Waals surface area contributed by atoms with Crippen LogP contribution in [0.15, 0.2) is 28.8 Å².